The fourth-order valence-corrected chi connectivity index (χ4v) is 4.87. The smallest absolute Gasteiger partial charge is 0.154 e. The van der Waals surface area contributed by atoms with Crippen LogP contribution in [0.1, 0.15) is 50.1 Å². The van der Waals surface area contributed by atoms with Gasteiger partial charge in [0.1, 0.15) is 28.8 Å². The predicted octanol–water partition coefficient (Wildman–Crippen LogP) is 5.32. The fourth-order valence-electron chi connectivity index (χ4n) is 4.87. The number of aromatic nitrogens is 4. The molecule has 0 spiro atoms. The number of ether oxygens (including phenoxy) is 1. The van der Waals surface area contributed by atoms with Crippen molar-refractivity contribution in [3.8, 4) is 11.3 Å². The molecule has 1 fully saturated rings. The van der Waals surface area contributed by atoms with Gasteiger partial charge in [0.2, 0.25) is 0 Å². The number of benzene rings is 1. The molecule has 4 aromatic rings. The molecule has 4 atom stereocenters. The van der Waals surface area contributed by atoms with Crippen molar-refractivity contribution >= 4 is 17.0 Å². The van der Waals surface area contributed by atoms with E-state index >= 15 is 0 Å². The number of pyridine rings is 1. The summed E-state index contributed by atoms with van der Waals surface area (Å²) in [6.45, 7) is 4.68. The van der Waals surface area contributed by atoms with E-state index in [9.17, 15) is 8.78 Å². The van der Waals surface area contributed by atoms with Crippen LogP contribution in [0.2, 0.25) is 0 Å². The first-order chi connectivity index (χ1) is 17.0. The summed E-state index contributed by atoms with van der Waals surface area (Å²) in [7, 11) is 0. The van der Waals surface area contributed by atoms with E-state index < -0.39 is 11.6 Å². The van der Waals surface area contributed by atoms with Crippen LogP contribution in [0.3, 0.4) is 0 Å². The van der Waals surface area contributed by atoms with Crippen LogP contribution in [0.4, 0.5) is 20.3 Å². The lowest BCUT2D eigenvalue weighted by Crippen LogP contribution is -2.40. The Labute approximate surface area is 201 Å². The van der Waals surface area contributed by atoms with Gasteiger partial charge >= 0.3 is 0 Å². The van der Waals surface area contributed by atoms with Crippen LogP contribution < -0.4 is 10.6 Å². The maximum Gasteiger partial charge on any atom is 0.154 e. The summed E-state index contributed by atoms with van der Waals surface area (Å²) in [4.78, 5) is 9.73. The Hall–Kier alpha value is -3.59. The minimum atomic E-state index is -0.649. The summed E-state index contributed by atoms with van der Waals surface area (Å²) in [5, 5.41) is 11.1. The van der Waals surface area contributed by atoms with Crippen molar-refractivity contribution in [3.05, 3.63) is 71.8 Å². The third-order valence-electron chi connectivity index (χ3n) is 7.04. The number of fused-ring (bicyclic) bond motifs is 2. The highest BCUT2D eigenvalue weighted by molar-refractivity contribution is 5.84. The summed E-state index contributed by atoms with van der Waals surface area (Å²) in [6, 6.07) is 9.87. The molecule has 2 aliphatic heterocycles. The van der Waals surface area contributed by atoms with Crippen LogP contribution in [0.25, 0.3) is 16.8 Å². The Balaban J connectivity index is 1.39. The van der Waals surface area contributed by atoms with Crippen LogP contribution in [0.5, 0.6) is 0 Å². The molecule has 5 heterocycles. The number of rotatable bonds is 3. The van der Waals surface area contributed by atoms with Crippen LogP contribution in [0.15, 0.2) is 48.8 Å². The van der Waals surface area contributed by atoms with E-state index in [1.165, 1.54) is 12.1 Å². The topological polar surface area (TPSA) is 76.4 Å². The molecular weight excluding hydrogens is 450 g/mol. The highest BCUT2D eigenvalue weighted by Gasteiger charge is 2.32. The number of nitrogens with zero attached hydrogens (tertiary/aromatic N) is 4. The molecule has 9 heteroatoms. The molecule has 2 N–H and O–H groups in total. The fraction of sp³-hybridized carbons (Fsp3) is 0.346. The zero-order valence-corrected chi connectivity index (χ0v) is 19.5. The molecule has 0 amide bonds. The van der Waals surface area contributed by atoms with Gasteiger partial charge in [-0.25, -0.2) is 23.3 Å². The van der Waals surface area contributed by atoms with Gasteiger partial charge in [-0.15, -0.1) is 0 Å². The molecule has 0 bridgehead atoms. The van der Waals surface area contributed by atoms with Crippen molar-refractivity contribution in [2.24, 2.45) is 0 Å². The highest BCUT2D eigenvalue weighted by atomic mass is 19.1. The number of anilines is 2. The molecule has 35 heavy (non-hydrogen) atoms. The first-order valence-corrected chi connectivity index (χ1v) is 11.9. The third-order valence-corrected chi connectivity index (χ3v) is 7.04. The molecule has 7 nitrogen and oxygen atoms in total. The summed E-state index contributed by atoms with van der Waals surface area (Å²) in [5.41, 5.74) is 3.41. The van der Waals surface area contributed by atoms with Crippen LogP contribution in [-0.2, 0) is 4.74 Å². The van der Waals surface area contributed by atoms with E-state index in [4.69, 9.17) is 14.7 Å². The maximum atomic E-state index is 14.9. The quantitative estimate of drug-likeness (QED) is 0.417. The zero-order chi connectivity index (χ0) is 24.1. The van der Waals surface area contributed by atoms with Gasteiger partial charge in [0.25, 0.3) is 0 Å². The third kappa shape index (κ3) is 3.99. The van der Waals surface area contributed by atoms with Crippen molar-refractivity contribution in [2.75, 3.05) is 17.2 Å². The SMILES string of the molecule is CC1Nc2nc(C3CCOC(c4ccn5nccc5c4)C3)nc(-c3ccc(F)cc3F)c2NC1C. The van der Waals surface area contributed by atoms with Gasteiger partial charge in [-0.2, -0.15) is 5.10 Å². The largest absolute Gasteiger partial charge is 0.376 e. The molecule has 3 aromatic heterocycles. The highest BCUT2D eigenvalue weighted by Crippen LogP contribution is 2.41. The van der Waals surface area contributed by atoms with E-state index in [2.05, 4.69) is 28.7 Å². The predicted molar refractivity (Wildman–Crippen MR) is 129 cm³/mol. The second-order valence-electron chi connectivity index (χ2n) is 9.39. The Morgan fingerprint density at radius 3 is 2.74 bits per heavy atom. The number of halogens is 2. The van der Waals surface area contributed by atoms with Crippen LogP contribution >= 0.6 is 0 Å². The molecule has 0 aliphatic carbocycles. The molecule has 6 rings (SSSR count). The Bertz CT molecular complexity index is 1410. The lowest BCUT2D eigenvalue weighted by atomic mass is 9.91. The van der Waals surface area contributed by atoms with Crippen molar-refractivity contribution in [1.29, 1.82) is 0 Å². The molecular formula is C26H26F2N6O. The first kappa shape index (κ1) is 21.9. The number of nitrogens with one attached hydrogen (secondary N) is 2. The summed E-state index contributed by atoms with van der Waals surface area (Å²) < 4.78 is 36.4. The standard InChI is InChI=1S/C26H26F2N6O/c1-14-15(2)31-26-24(30-14)23(20-4-3-18(27)13-21(20)28)32-25(33-26)17-7-10-35-22(12-17)16-6-9-34-19(11-16)5-8-29-34/h3-6,8-9,11,13-15,17,22,30H,7,10,12H2,1-2H3,(H,31,32,33). The van der Waals surface area contributed by atoms with Gasteiger partial charge in [-0.3, -0.25) is 0 Å². The normalized spacial score (nSPS) is 24.0. The van der Waals surface area contributed by atoms with Crippen molar-refractivity contribution in [2.45, 2.75) is 50.8 Å². The zero-order valence-electron chi connectivity index (χ0n) is 19.5. The molecule has 2 aliphatic rings. The molecule has 1 saturated heterocycles. The molecule has 1 aromatic carbocycles. The Morgan fingerprint density at radius 2 is 1.89 bits per heavy atom. The van der Waals surface area contributed by atoms with E-state index in [1.807, 2.05) is 29.8 Å². The van der Waals surface area contributed by atoms with E-state index in [1.54, 1.807) is 6.20 Å². The lowest BCUT2D eigenvalue weighted by Gasteiger charge is -2.34. The Kier molecular flexibility index (Phi) is 5.36. The van der Waals surface area contributed by atoms with Gasteiger partial charge in [-0.1, -0.05) is 0 Å². The molecule has 0 saturated carbocycles. The minimum absolute atomic E-state index is 0.0268. The second kappa shape index (κ2) is 8.57. The van der Waals surface area contributed by atoms with Gasteiger partial charge in [0.05, 0.1) is 11.6 Å². The van der Waals surface area contributed by atoms with E-state index in [0.717, 1.165) is 23.6 Å². The van der Waals surface area contributed by atoms with Gasteiger partial charge in [0.15, 0.2) is 5.82 Å². The average molecular weight is 477 g/mol. The van der Waals surface area contributed by atoms with Gasteiger partial charge in [-0.05, 0) is 62.6 Å². The minimum Gasteiger partial charge on any atom is -0.376 e. The van der Waals surface area contributed by atoms with Crippen molar-refractivity contribution < 1.29 is 13.5 Å². The Morgan fingerprint density at radius 1 is 1.03 bits per heavy atom. The number of hydrogen-bond acceptors (Lipinski definition) is 6. The molecule has 180 valence electrons. The second-order valence-corrected chi connectivity index (χ2v) is 9.39. The van der Waals surface area contributed by atoms with Crippen LogP contribution in [-0.4, -0.2) is 38.3 Å². The summed E-state index contributed by atoms with van der Waals surface area (Å²) in [6.07, 6.45) is 5.05. The van der Waals surface area contributed by atoms with Crippen LogP contribution in [0, 0.1) is 11.6 Å². The summed E-state index contributed by atoms with van der Waals surface area (Å²) >= 11 is 0. The lowest BCUT2D eigenvalue weighted by molar-refractivity contribution is 0.00400. The maximum absolute atomic E-state index is 14.9. The average Bonchev–Trinajstić information content (AvgIpc) is 3.33. The number of hydrogen-bond donors (Lipinski definition) is 2. The van der Waals surface area contributed by atoms with Crippen molar-refractivity contribution in [1.82, 2.24) is 19.6 Å². The van der Waals surface area contributed by atoms with E-state index in [-0.39, 0.29) is 29.7 Å². The van der Waals surface area contributed by atoms with Gasteiger partial charge in [0, 0.05) is 48.6 Å². The summed E-state index contributed by atoms with van der Waals surface area (Å²) in [5.74, 6) is 0.0352. The molecule has 4 unspecified atom stereocenters. The molecule has 0 radical (unpaired) electrons. The van der Waals surface area contributed by atoms with E-state index in [0.29, 0.717) is 36.1 Å². The van der Waals surface area contributed by atoms with Crippen molar-refractivity contribution in [3.63, 3.8) is 0 Å². The monoisotopic (exact) mass is 476 g/mol. The van der Waals surface area contributed by atoms with Gasteiger partial charge < -0.3 is 15.4 Å². The first-order valence-electron chi connectivity index (χ1n) is 11.9.